The second-order valence-electron chi connectivity index (χ2n) is 8.00. The topological polar surface area (TPSA) is 185 Å². The maximum absolute atomic E-state index is 14.8. The number of nitrogens with two attached hydrogens (primary N) is 1. The molecule has 2 aromatic rings. The Morgan fingerprint density at radius 1 is 1.38 bits per heavy atom. The van der Waals surface area contributed by atoms with E-state index in [0.717, 1.165) is 18.3 Å². The first-order valence-electron chi connectivity index (χ1n) is 10.8. The molecule has 1 aliphatic heterocycles. The summed E-state index contributed by atoms with van der Waals surface area (Å²) in [5.74, 6) is -4.40. The number of ether oxygens (including phenoxy) is 1. The minimum absolute atomic E-state index is 0.0383. The number of aliphatic hydroxyl groups excluding tert-OH is 1. The van der Waals surface area contributed by atoms with E-state index in [-0.39, 0.29) is 18.1 Å². The van der Waals surface area contributed by atoms with Gasteiger partial charge in [0.05, 0.1) is 12.7 Å². The first-order chi connectivity index (χ1) is 17.4. The van der Waals surface area contributed by atoms with Gasteiger partial charge in [-0.15, -0.1) is 11.6 Å². The third-order valence-corrected chi connectivity index (χ3v) is 7.60. The second kappa shape index (κ2) is 11.9. The number of unbranched alkanes of at least 4 members (excludes halogenated alkanes) is 1. The van der Waals surface area contributed by atoms with E-state index in [4.69, 9.17) is 35.5 Å². The summed E-state index contributed by atoms with van der Waals surface area (Å²) in [6, 6.07) is 3.42. The van der Waals surface area contributed by atoms with Gasteiger partial charge >= 0.3 is 25.2 Å². The molecule has 3 N–H and O–H groups in total. The predicted octanol–water partition coefficient (Wildman–Crippen LogP) is 2.51. The summed E-state index contributed by atoms with van der Waals surface area (Å²) >= 11 is 5.67. The monoisotopic (exact) mass is 571 g/mol. The lowest BCUT2D eigenvalue weighted by atomic mass is 10.1. The summed E-state index contributed by atoms with van der Waals surface area (Å²) in [6.07, 6.45) is -4.40. The number of aliphatic hydroxyl groups is 1. The first-order valence-corrected chi connectivity index (χ1v) is 12.9. The second-order valence-corrected chi connectivity index (χ2v) is 10.5. The van der Waals surface area contributed by atoms with Gasteiger partial charge < -0.3 is 20.0 Å². The fourth-order valence-corrected chi connectivity index (χ4v) is 5.03. The molecule has 206 valence electrons. The zero-order valence-corrected chi connectivity index (χ0v) is 21.1. The number of rotatable bonds is 13. The van der Waals surface area contributed by atoms with Gasteiger partial charge in [-0.2, -0.15) is 13.8 Å². The molecule has 0 saturated carbocycles. The van der Waals surface area contributed by atoms with Gasteiger partial charge in [0.15, 0.2) is 6.10 Å². The molecule has 2 aromatic heterocycles. The van der Waals surface area contributed by atoms with E-state index >= 15 is 0 Å². The zero-order chi connectivity index (χ0) is 27.4. The van der Waals surface area contributed by atoms with E-state index in [2.05, 4.69) is 4.98 Å². The van der Waals surface area contributed by atoms with Crippen LogP contribution < -0.4 is 11.4 Å². The Hall–Kier alpha value is -2.46. The van der Waals surface area contributed by atoms with Crippen molar-refractivity contribution in [2.24, 2.45) is 0 Å². The highest BCUT2D eigenvalue weighted by Gasteiger charge is 2.60. The Labute approximate surface area is 213 Å². The molecule has 0 amide bonds. The maximum atomic E-state index is 14.8. The number of nitrogens with zero attached hydrogens (tertiary/aromatic N) is 4. The number of aromatic nitrogens is 2. The van der Waals surface area contributed by atoms with Crippen LogP contribution in [0.2, 0.25) is 0 Å². The van der Waals surface area contributed by atoms with E-state index < -0.39 is 61.8 Å². The molecular formula is C19H25ClF2N5O9P. The molecule has 0 bridgehead atoms. The van der Waals surface area contributed by atoms with Gasteiger partial charge in [0.2, 0.25) is 6.23 Å². The Bertz CT molecular complexity index is 1200. The summed E-state index contributed by atoms with van der Waals surface area (Å²) in [6.45, 7) is -1.16. The lowest BCUT2D eigenvalue weighted by Crippen LogP contribution is -2.42. The van der Waals surface area contributed by atoms with Gasteiger partial charge in [-0.25, -0.2) is 14.0 Å². The van der Waals surface area contributed by atoms with Crippen LogP contribution >= 0.6 is 19.3 Å². The third-order valence-electron chi connectivity index (χ3n) is 5.37. The standard InChI is InChI=1S/C19H25ClF2N5O9P/c1-25(8-3-2-7-20)37(32,33-10-12-4-5-15(35-12)27(30)31)34-11-13-16(28)19(21,22)17(36-13)26-9-6-14(23)24-18(26)29/h4-6,9,13,16-17,28H,2-3,7-8,10-11H2,1H3,(H2,23,24,29)/t13-,16-,17-,37?/m1/s1. The molecule has 37 heavy (non-hydrogen) atoms. The lowest BCUT2D eigenvalue weighted by molar-refractivity contribution is -0.402. The number of hydrogen-bond donors (Lipinski definition) is 2. The molecule has 18 heteroatoms. The van der Waals surface area contributed by atoms with Crippen LogP contribution in [0.15, 0.2) is 33.6 Å². The van der Waals surface area contributed by atoms with Crippen molar-refractivity contribution >= 4 is 31.0 Å². The normalized spacial score (nSPS) is 22.8. The number of halogens is 3. The number of alkyl halides is 3. The lowest BCUT2D eigenvalue weighted by Gasteiger charge is -2.28. The molecule has 1 unspecified atom stereocenters. The number of nitro groups is 1. The van der Waals surface area contributed by atoms with Crippen LogP contribution in [0, 0.1) is 10.1 Å². The van der Waals surface area contributed by atoms with Crippen molar-refractivity contribution in [1.82, 2.24) is 14.2 Å². The number of nitrogen functional groups attached to an aromatic ring is 1. The molecule has 3 heterocycles. The Kier molecular flexibility index (Phi) is 9.39. The van der Waals surface area contributed by atoms with Crippen molar-refractivity contribution in [1.29, 1.82) is 0 Å². The Morgan fingerprint density at radius 3 is 2.73 bits per heavy atom. The summed E-state index contributed by atoms with van der Waals surface area (Å²) in [5, 5.41) is 21.0. The molecule has 0 radical (unpaired) electrons. The van der Waals surface area contributed by atoms with Crippen molar-refractivity contribution in [3.8, 4) is 0 Å². The average Bonchev–Trinajstić information content (AvgIpc) is 3.40. The van der Waals surface area contributed by atoms with Crippen LogP contribution in [0.5, 0.6) is 0 Å². The van der Waals surface area contributed by atoms with Crippen molar-refractivity contribution in [2.45, 2.75) is 43.8 Å². The van der Waals surface area contributed by atoms with Crippen LogP contribution in [0.4, 0.5) is 20.5 Å². The van der Waals surface area contributed by atoms with Gasteiger partial charge in [0, 0.05) is 18.6 Å². The zero-order valence-electron chi connectivity index (χ0n) is 19.4. The van der Waals surface area contributed by atoms with E-state index in [1.807, 2.05) is 0 Å². The molecule has 0 spiro atoms. The molecule has 1 saturated heterocycles. The summed E-state index contributed by atoms with van der Waals surface area (Å²) in [7, 11) is -2.84. The van der Waals surface area contributed by atoms with Crippen LogP contribution in [0.25, 0.3) is 0 Å². The first kappa shape index (κ1) is 29.1. The number of anilines is 1. The quantitative estimate of drug-likeness (QED) is 0.118. The molecule has 0 aliphatic carbocycles. The smallest absolute Gasteiger partial charge is 0.403 e. The predicted molar refractivity (Wildman–Crippen MR) is 124 cm³/mol. The van der Waals surface area contributed by atoms with Crippen LogP contribution in [-0.4, -0.2) is 68.5 Å². The van der Waals surface area contributed by atoms with E-state index in [1.165, 1.54) is 17.8 Å². The van der Waals surface area contributed by atoms with Crippen LogP contribution in [0.3, 0.4) is 0 Å². The van der Waals surface area contributed by atoms with Gasteiger partial charge in [0.25, 0.3) is 0 Å². The fraction of sp³-hybridized carbons (Fsp3) is 0.579. The summed E-state index contributed by atoms with van der Waals surface area (Å²) in [4.78, 5) is 25.5. The van der Waals surface area contributed by atoms with Crippen molar-refractivity contribution in [2.75, 3.05) is 31.8 Å². The molecule has 0 aromatic carbocycles. The Morgan fingerprint density at radius 2 is 2.11 bits per heavy atom. The summed E-state index contributed by atoms with van der Waals surface area (Å²) in [5.41, 5.74) is 4.26. The largest absolute Gasteiger partial charge is 0.433 e. The van der Waals surface area contributed by atoms with Crippen LogP contribution in [-0.2, 0) is 25.0 Å². The van der Waals surface area contributed by atoms with E-state index in [1.54, 1.807) is 0 Å². The summed E-state index contributed by atoms with van der Waals surface area (Å²) < 4.78 is 65.8. The van der Waals surface area contributed by atoms with Crippen molar-refractivity contribution < 1.29 is 41.6 Å². The number of furan rings is 1. The molecular weight excluding hydrogens is 547 g/mol. The average molecular weight is 572 g/mol. The third kappa shape index (κ3) is 6.71. The van der Waals surface area contributed by atoms with Gasteiger partial charge in [-0.05, 0) is 32.0 Å². The highest BCUT2D eigenvalue weighted by molar-refractivity contribution is 7.51. The highest BCUT2D eigenvalue weighted by Crippen LogP contribution is 2.53. The molecule has 4 atom stereocenters. The van der Waals surface area contributed by atoms with Gasteiger partial charge in [0.1, 0.15) is 29.2 Å². The molecule has 1 aliphatic rings. The number of hydrogen-bond acceptors (Lipinski definition) is 11. The Balaban J connectivity index is 1.75. The fourth-order valence-electron chi connectivity index (χ4n) is 3.36. The van der Waals surface area contributed by atoms with Gasteiger partial charge in [-0.3, -0.25) is 23.7 Å². The SMILES string of the molecule is CN(CCCCCl)P(=O)(OCc1ccc([N+](=O)[O-])o1)OC[C@H]1O[C@@H](n2ccc(N)nc2=O)C(F)(F)[C@@H]1O. The minimum atomic E-state index is -4.23. The minimum Gasteiger partial charge on any atom is -0.403 e. The maximum Gasteiger partial charge on any atom is 0.433 e. The van der Waals surface area contributed by atoms with Gasteiger partial charge in [-0.1, -0.05) is 0 Å². The van der Waals surface area contributed by atoms with E-state index in [0.29, 0.717) is 23.3 Å². The van der Waals surface area contributed by atoms with Crippen molar-refractivity contribution in [3.63, 3.8) is 0 Å². The van der Waals surface area contributed by atoms with Crippen LogP contribution in [0.1, 0.15) is 24.8 Å². The molecule has 1 fully saturated rings. The van der Waals surface area contributed by atoms with E-state index in [9.17, 15) is 33.4 Å². The highest BCUT2D eigenvalue weighted by atomic mass is 35.5. The van der Waals surface area contributed by atoms with Crippen molar-refractivity contribution in [3.05, 3.63) is 50.8 Å². The molecule has 14 nitrogen and oxygen atoms in total. The molecule has 3 rings (SSSR count).